The van der Waals surface area contributed by atoms with Gasteiger partial charge in [-0.05, 0) is 26.9 Å². The lowest BCUT2D eigenvalue weighted by molar-refractivity contribution is 0.0484. The number of nitrogens with two attached hydrogens (primary N) is 1. The lowest BCUT2D eigenvalue weighted by atomic mass is 10.1. The van der Waals surface area contributed by atoms with Crippen LogP contribution in [0.5, 0.6) is 0 Å². The van der Waals surface area contributed by atoms with Gasteiger partial charge in [-0.1, -0.05) is 13.8 Å². The molecule has 0 unspecified atom stereocenters. The quantitative estimate of drug-likeness (QED) is 0.678. The molecule has 1 rings (SSSR count). The van der Waals surface area contributed by atoms with Crippen molar-refractivity contribution in [3.05, 3.63) is 0 Å². The minimum absolute atomic E-state index is 0.529. The van der Waals surface area contributed by atoms with Crippen LogP contribution >= 0.6 is 0 Å². The van der Waals surface area contributed by atoms with E-state index in [0.29, 0.717) is 6.10 Å². The van der Waals surface area contributed by atoms with Gasteiger partial charge in [0.1, 0.15) is 0 Å². The molecule has 0 aromatic carbocycles. The van der Waals surface area contributed by atoms with E-state index in [1.807, 2.05) is 13.8 Å². The molecule has 1 aliphatic heterocycles. The monoisotopic (exact) mass is 190 g/mol. The van der Waals surface area contributed by atoms with Crippen LogP contribution in [0, 0.1) is 0 Å². The van der Waals surface area contributed by atoms with Gasteiger partial charge in [0, 0.05) is 20.2 Å². The molecular weight excluding hydrogens is 164 g/mol. The molecular formula is C10H26N2O. The molecule has 0 aromatic heterocycles. The fraction of sp³-hybridized carbons (Fsp3) is 1.00. The van der Waals surface area contributed by atoms with Gasteiger partial charge in [0.15, 0.2) is 0 Å². The molecule has 0 atom stereocenters. The molecule has 0 amide bonds. The van der Waals surface area contributed by atoms with Crippen molar-refractivity contribution in [3.8, 4) is 0 Å². The zero-order valence-corrected chi connectivity index (χ0v) is 9.84. The molecule has 2 N–H and O–H groups in total. The van der Waals surface area contributed by atoms with Crippen LogP contribution in [-0.4, -0.2) is 45.3 Å². The van der Waals surface area contributed by atoms with E-state index in [1.54, 1.807) is 7.11 Å². The van der Waals surface area contributed by atoms with Crippen LogP contribution in [-0.2, 0) is 4.74 Å². The number of rotatable bonds is 1. The predicted octanol–water partition coefficient (Wildman–Crippen LogP) is 1.33. The number of hydrogen-bond acceptors (Lipinski definition) is 3. The summed E-state index contributed by atoms with van der Waals surface area (Å²) in [4.78, 5) is 2.34. The van der Waals surface area contributed by atoms with Crippen molar-refractivity contribution in [2.75, 3.05) is 34.3 Å². The Balaban J connectivity index is 0. The Morgan fingerprint density at radius 2 is 1.54 bits per heavy atom. The van der Waals surface area contributed by atoms with Crippen molar-refractivity contribution in [1.82, 2.24) is 4.90 Å². The second kappa shape index (κ2) is 11.9. The third-order valence-corrected chi connectivity index (χ3v) is 2.00. The van der Waals surface area contributed by atoms with Crippen LogP contribution in [0.4, 0.5) is 0 Å². The molecule has 3 heteroatoms. The molecule has 1 fully saturated rings. The number of methoxy groups -OCH3 is 1. The predicted molar refractivity (Wildman–Crippen MR) is 59.0 cm³/mol. The van der Waals surface area contributed by atoms with Crippen LogP contribution in [0.25, 0.3) is 0 Å². The van der Waals surface area contributed by atoms with E-state index in [0.717, 1.165) is 0 Å². The second-order valence-electron chi connectivity index (χ2n) is 2.74. The third kappa shape index (κ3) is 8.22. The van der Waals surface area contributed by atoms with Crippen LogP contribution in [0.2, 0.25) is 0 Å². The van der Waals surface area contributed by atoms with Gasteiger partial charge in [-0.25, -0.2) is 0 Å². The average molecular weight is 190 g/mol. The smallest absolute Gasteiger partial charge is 0.0595 e. The standard InChI is InChI=1S/C7H15NO.C2H6.CH5N/c1-8-5-3-7(9-2)4-6-8;2*1-2/h7H,3-6H2,1-2H3;1-2H3;2H2,1H3. The molecule has 13 heavy (non-hydrogen) atoms. The first kappa shape index (κ1) is 15.4. The van der Waals surface area contributed by atoms with E-state index in [2.05, 4.69) is 17.7 Å². The van der Waals surface area contributed by atoms with Crippen LogP contribution < -0.4 is 5.73 Å². The van der Waals surface area contributed by atoms with Crippen LogP contribution in [0.3, 0.4) is 0 Å². The Bertz CT molecular complexity index is 81.0. The molecule has 1 saturated heterocycles. The number of hydrogen-bond donors (Lipinski definition) is 1. The van der Waals surface area contributed by atoms with Gasteiger partial charge in [-0.15, -0.1) is 0 Å². The molecule has 0 bridgehead atoms. The maximum absolute atomic E-state index is 5.21. The first-order chi connectivity index (χ1) is 6.33. The molecule has 0 aliphatic carbocycles. The van der Waals surface area contributed by atoms with Crippen molar-refractivity contribution in [2.45, 2.75) is 32.8 Å². The molecule has 82 valence electrons. The summed E-state index contributed by atoms with van der Waals surface area (Å²) in [6.45, 7) is 6.39. The summed E-state index contributed by atoms with van der Waals surface area (Å²) >= 11 is 0. The van der Waals surface area contributed by atoms with Crippen LogP contribution in [0.1, 0.15) is 26.7 Å². The lowest BCUT2D eigenvalue weighted by Gasteiger charge is -2.27. The van der Waals surface area contributed by atoms with Gasteiger partial charge in [0.2, 0.25) is 0 Å². The Hall–Kier alpha value is -0.120. The minimum Gasteiger partial charge on any atom is -0.381 e. The van der Waals surface area contributed by atoms with Crippen molar-refractivity contribution in [2.24, 2.45) is 5.73 Å². The summed E-state index contributed by atoms with van der Waals surface area (Å²) in [5, 5.41) is 0. The van der Waals surface area contributed by atoms with Gasteiger partial charge >= 0.3 is 0 Å². The highest BCUT2D eigenvalue weighted by atomic mass is 16.5. The minimum atomic E-state index is 0.529. The number of nitrogens with zero attached hydrogens (tertiary/aromatic N) is 1. The SMILES string of the molecule is CC.CN.COC1CCN(C)CC1. The highest BCUT2D eigenvalue weighted by molar-refractivity contribution is 4.68. The summed E-state index contributed by atoms with van der Waals surface area (Å²) in [5.41, 5.74) is 4.50. The topological polar surface area (TPSA) is 38.5 Å². The Morgan fingerprint density at radius 1 is 1.15 bits per heavy atom. The summed E-state index contributed by atoms with van der Waals surface area (Å²) in [5.74, 6) is 0. The van der Waals surface area contributed by atoms with Crippen molar-refractivity contribution in [3.63, 3.8) is 0 Å². The summed E-state index contributed by atoms with van der Waals surface area (Å²) < 4.78 is 5.21. The first-order valence-corrected chi connectivity index (χ1v) is 5.12. The van der Waals surface area contributed by atoms with E-state index < -0.39 is 0 Å². The van der Waals surface area contributed by atoms with E-state index in [1.165, 1.54) is 33.0 Å². The second-order valence-corrected chi connectivity index (χ2v) is 2.74. The highest BCUT2D eigenvalue weighted by Crippen LogP contribution is 2.10. The van der Waals surface area contributed by atoms with Gasteiger partial charge in [-0.3, -0.25) is 0 Å². The number of ether oxygens (including phenoxy) is 1. The van der Waals surface area contributed by atoms with Gasteiger partial charge < -0.3 is 15.4 Å². The zero-order valence-electron chi connectivity index (χ0n) is 9.84. The largest absolute Gasteiger partial charge is 0.381 e. The maximum Gasteiger partial charge on any atom is 0.0595 e. The van der Waals surface area contributed by atoms with Gasteiger partial charge in [0.25, 0.3) is 0 Å². The first-order valence-electron chi connectivity index (χ1n) is 5.12. The van der Waals surface area contributed by atoms with Crippen molar-refractivity contribution >= 4 is 0 Å². The van der Waals surface area contributed by atoms with Crippen molar-refractivity contribution < 1.29 is 4.74 Å². The van der Waals surface area contributed by atoms with Gasteiger partial charge in [-0.2, -0.15) is 0 Å². The summed E-state index contributed by atoms with van der Waals surface area (Å²) in [6, 6.07) is 0. The zero-order chi connectivity index (χ0) is 10.7. The molecule has 0 saturated carbocycles. The van der Waals surface area contributed by atoms with E-state index in [-0.39, 0.29) is 0 Å². The fourth-order valence-electron chi connectivity index (χ4n) is 1.22. The molecule has 1 heterocycles. The normalized spacial score (nSPS) is 18.0. The number of piperidine rings is 1. The Morgan fingerprint density at radius 3 is 1.85 bits per heavy atom. The summed E-state index contributed by atoms with van der Waals surface area (Å²) in [6.07, 6.45) is 2.93. The third-order valence-electron chi connectivity index (χ3n) is 2.00. The number of likely N-dealkylation sites (tertiary alicyclic amines) is 1. The lowest BCUT2D eigenvalue weighted by Crippen LogP contribution is -2.33. The molecule has 0 spiro atoms. The van der Waals surface area contributed by atoms with E-state index in [9.17, 15) is 0 Å². The molecule has 0 aromatic rings. The highest BCUT2D eigenvalue weighted by Gasteiger charge is 2.14. The molecule has 1 aliphatic rings. The fourth-order valence-corrected chi connectivity index (χ4v) is 1.22. The van der Waals surface area contributed by atoms with E-state index >= 15 is 0 Å². The molecule has 3 nitrogen and oxygen atoms in total. The van der Waals surface area contributed by atoms with Crippen LogP contribution in [0.15, 0.2) is 0 Å². The van der Waals surface area contributed by atoms with E-state index in [4.69, 9.17) is 4.74 Å². The average Bonchev–Trinajstić information content (AvgIpc) is 2.25. The van der Waals surface area contributed by atoms with Gasteiger partial charge in [0.05, 0.1) is 6.10 Å². The Labute approximate surface area is 83.2 Å². The summed E-state index contributed by atoms with van der Waals surface area (Å²) in [7, 11) is 5.46. The Kier molecular flexibility index (Phi) is 14.0. The molecule has 0 radical (unpaired) electrons. The maximum atomic E-state index is 5.21. The van der Waals surface area contributed by atoms with Crippen molar-refractivity contribution in [1.29, 1.82) is 0 Å².